The number of pyridine rings is 2. The lowest BCUT2D eigenvalue weighted by atomic mass is 10.1. The number of H-pyrrole nitrogens is 1. The maximum Gasteiger partial charge on any atom is 0.200 e. The number of aromatic nitrogens is 4. The average molecular weight is 294 g/mol. The van der Waals surface area contributed by atoms with E-state index in [2.05, 4.69) is 15.1 Å². The van der Waals surface area contributed by atoms with E-state index in [4.69, 9.17) is 0 Å². The van der Waals surface area contributed by atoms with Gasteiger partial charge in [0.25, 0.3) is 0 Å². The Labute approximate surface area is 124 Å². The van der Waals surface area contributed by atoms with Crippen molar-refractivity contribution in [3.05, 3.63) is 64.3 Å². The van der Waals surface area contributed by atoms with Crippen molar-refractivity contribution in [3.63, 3.8) is 0 Å². The lowest BCUT2D eigenvalue weighted by Gasteiger charge is -2.03. The van der Waals surface area contributed by atoms with Crippen molar-refractivity contribution in [1.29, 1.82) is 0 Å². The molecular formula is C16H11FN4O. The molecule has 5 nitrogen and oxygen atoms in total. The third-order valence-electron chi connectivity index (χ3n) is 3.63. The van der Waals surface area contributed by atoms with Crippen LogP contribution in [0.3, 0.4) is 0 Å². The Bertz CT molecular complexity index is 1070. The molecule has 0 bridgehead atoms. The van der Waals surface area contributed by atoms with Crippen molar-refractivity contribution in [2.75, 3.05) is 0 Å². The van der Waals surface area contributed by atoms with Gasteiger partial charge in [-0.25, -0.2) is 9.37 Å². The Balaban J connectivity index is 2.17. The molecule has 0 atom stereocenters. The van der Waals surface area contributed by atoms with Crippen LogP contribution in [0, 0.1) is 12.7 Å². The number of nitrogens with one attached hydrogen (secondary N) is 1. The van der Waals surface area contributed by atoms with E-state index >= 15 is 0 Å². The average Bonchev–Trinajstić information content (AvgIpc) is 2.85. The summed E-state index contributed by atoms with van der Waals surface area (Å²) in [6.45, 7) is 1.77. The van der Waals surface area contributed by atoms with Gasteiger partial charge in [-0.05, 0) is 37.3 Å². The maximum atomic E-state index is 13.4. The predicted molar refractivity (Wildman–Crippen MR) is 81.7 cm³/mol. The molecule has 0 aliphatic rings. The monoisotopic (exact) mass is 294 g/mol. The van der Waals surface area contributed by atoms with E-state index in [1.807, 2.05) is 6.07 Å². The fourth-order valence-electron chi connectivity index (χ4n) is 2.64. The van der Waals surface area contributed by atoms with Crippen LogP contribution in [-0.2, 0) is 0 Å². The minimum absolute atomic E-state index is 0.163. The minimum atomic E-state index is -0.400. The van der Waals surface area contributed by atoms with Gasteiger partial charge in [0.05, 0.1) is 16.6 Å². The maximum absolute atomic E-state index is 13.4. The van der Waals surface area contributed by atoms with Gasteiger partial charge in [-0.15, -0.1) is 0 Å². The molecule has 0 aliphatic carbocycles. The molecule has 0 spiro atoms. The molecule has 0 saturated carbocycles. The van der Waals surface area contributed by atoms with E-state index in [1.165, 1.54) is 18.2 Å². The van der Waals surface area contributed by atoms with Crippen LogP contribution in [0.1, 0.15) is 5.69 Å². The number of hydrogen-bond donors (Lipinski definition) is 1. The standard InChI is InChI=1S/C16H11FN4O/c1-9-14-15(22)11-6-5-10(17)8-12(11)19-16(14)21(20-9)13-4-2-3-7-18-13/h2-8H,1H3,(H,19,22). The topological polar surface area (TPSA) is 63.6 Å². The Morgan fingerprint density at radius 1 is 1.23 bits per heavy atom. The SMILES string of the molecule is Cc1nn(-c2ccccn2)c2[nH]c3cc(F)ccc3c(=O)c12. The molecule has 0 aliphatic heterocycles. The lowest BCUT2D eigenvalue weighted by molar-refractivity contribution is 0.629. The van der Waals surface area contributed by atoms with E-state index in [0.717, 1.165) is 0 Å². The predicted octanol–water partition coefficient (Wildman–Crippen LogP) is 2.71. The van der Waals surface area contributed by atoms with E-state index in [0.29, 0.717) is 33.4 Å². The molecule has 1 aromatic carbocycles. The van der Waals surface area contributed by atoms with Crippen molar-refractivity contribution < 1.29 is 4.39 Å². The molecule has 108 valence electrons. The van der Waals surface area contributed by atoms with Crippen LogP contribution in [0.4, 0.5) is 4.39 Å². The largest absolute Gasteiger partial charge is 0.339 e. The van der Waals surface area contributed by atoms with Gasteiger partial charge in [0, 0.05) is 11.6 Å². The second-order valence-electron chi connectivity index (χ2n) is 5.05. The van der Waals surface area contributed by atoms with Crippen LogP contribution in [0.2, 0.25) is 0 Å². The van der Waals surface area contributed by atoms with Gasteiger partial charge >= 0.3 is 0 Å². The molecule has 1 N–H and O–H groups in total. The highest BCUT2D eigenvalue weighted by atomic mass is 19.1. The normalized spacial score (nSPS) is 11.4. The van der Waals surface area contributed by atoms with Crippen LogP contribution < -0.4 is 5.43 Å². The number of halogens is 1. The first kappa shape index (κ1) is 12.7. The highest BCUT2D eigenvalue weighted by molar-refractivity contribution is 5.92. The molecule has 0 radical (unpaired) electrons. The first-order valence-electron chi connectivity index (χ1n) is 6.77. The molecular weight excluding hydrogens is 283 g/mol. The molecule has 0 fully saturated rings. The summed E-state index contributed by atoms with van der Waals surface area (Å²) in [6.07, 6.45) is 1.65. The lowest BCUT2D eigenvalue weighted by Crippen LogP contribution is -2.06. The molecule has 4 aromatic rings. The zero-order valence-corrected chi connectivity index (χ0v) is 11.7. The zero-order chi connectivity index (χ0) is 15.3. The van der Waals surface area contributed by atoms with Gasteiger partial charge in [0.2, 0.25) is 5.43 Å². The highest BCUT2D eigenvalue weighted by Gasteiger charge is 2.16. The number of fused-ring (bicyclic) bond motifs is 2. The third-order valence-corrected chi connectivity index (χ3v) is 3.63. The number of nitrogens with zero attached hydrogens (tertiary/aromatic N) is 3. The van der Waals surface area contributed by atoms with E-state index in [-0.39, 0.29) is 5.43 Å². The molecule has 6 heteroatoms. The Morgan fingerprint density at radius 2 is 2.09 bits per heavy atom. The summed E-state index contributed by atoms with van der Waals surface area (Å²) in [5, 5.41) is 5.33. The number of aryl methyl sites for hydroxylation is 1. The Kier molecular flexibility index (Phi) is 2.59. The quantitative estimate of drug-likeness (QED) is 0.587. The van der Waals surface area contributed by atoms with Crippen molar-refractivity contribution in [1.82, 2.24) is 19.7 Å². The Morgan fingerprint density at radius 3 is 2.86 bits per heavy atom. The van der Waals surface area contributed by atoms with Crippen LogP contribution in [0.15, 0.2) is 47.4 Å². The summed E-state index contributed by atoms with van der Waals surface area (Å²) >= 11 is 0. The van der Waals surface area contributed by atoms with Crippen molar-refractivity contribution >= 4 is 21.9 Å². The second-order valence-corrected chi connectivity index (χ2v) is 5.05. The van der Waals surface area contributed by atoms with Gasteiger partial charge in [-0.1, -0.05) is 6.07 Å². The summed E-state index contributed by atoms with van der Waals surface area (Å²) in [5.41, 5.74) is 1.39. The molecule has 22 heavy (non-hydrogen) atoms. The van der Waals surface area contributed by atoms with Crippen LogP contribution in [-0.4, -0.2) is 19.7 Å². The number of benzene rings is 1. The third kappa shape index (κ3) is 1.74. The highest BCUT2D eigenvalue weighted by Crippen LogP contribution is 2.20. The first-order chi connectivity index (χ1) is 10.6. The van der Waals surface area contributed by atoms with Crippen molar-refractivity contribution in [3.8, 4) is 5.82 Å². The number of hydrogen-bond acceptors (Lipinski definition) is 3. The van der Waals surface area contributed by atoms with E-state index in [9.17, 15) is 9.18 Å². The first-order valence-corrected chi connectivity index (χ1v) is 6.77. The van der Waals surface area contributed by atoms with Crippen LogP contribution >= 0.6 is 0 Å². The minimum Gasteiger partial charge on any atom is -0.339 e. The molecule has 0 saturated heterocycles. The summed E-state index contributed by atoms with van der Waals surface area (Å²) in [5.74, 6) is 0.190. The van der Waals surface area contributed by atoms with E-state index in [1.54, 1.807) is 29.9 Å². The fraction of sp³-hybridized carbons (Fsp3) is 0.0625. The summed E-state index contributed by atoms with van der Waals surface area (Å²) in [6, 6.07) is 9.50. The van der Waals surface area contributed by atoms with Gasteiger partial charge in [0.15, 0.2) is 5.82 Å². The summed E-state index contributed by atoms with van der Waals surface area (Å²) in [7, 11) is 0. The van der Waals surface area contributed by atoms with Crippen molar-refractivity contribution in [2.24, 2.45) is 0 Å². The van der Waals surface area contributed by atoms with Gasteiger partial charge in [-0.2, -0.15) is 9.78 Å². The molecule has 3 heterocycles. The second kappa shape index (κ2) is 4.49. The Hall–Kier alpha value is -3.02. The zero-order valence-electron chi connectivity index (χ0n) is 11.7. The number of aromatic amines is 1. The smallest absolute Gasteiger partial charge is 0.200 e. The fourth-order valence-corrected chi connectivity index (χ4v) is 2.64. The summed E-state index contributed by atoms with van der Waals surface area (Å²) in [4.78, 5) is 20.0. The molecule has 4 rings (SSSR count). The van der Waals surface area contributed by atoms with Crippen LogP contribution in [0.5, 0.6) is 0 Å². The van der Waals surface area contributed by atoms with Crippen LogP contribution in [0.25, 0.3) is 27.8 Å². The van der Waals surface area contributed by atoms with Gasteiger partial charge < -0.3 is 4.98 Å². The van der Waals surface area contributed by atoms with Gasteiger partial charge in [-0.3, -0.25) is 4.79 Å². The van der Waals surface area contributed by atoms with Gasteiger partial charge in [0.1, 0.15) is 11.5 Å². The molecule has 0 unspecified atom stereocenters. The molecule has 3 aromatic heterocycles. The number of rotatable bonds is 1. The summed E-state index contributed by atoms with van der Waals surface area (Å²) < 4.78 is 15.0. The van der Waals surface area contributed by atoms with Crippen molar-refractivity contribution in [2.45, 2.75) is 6.92 Å². The molecule has 0 amide bonds. The van der Waals surface area contributed by atoms with E-state index < -0.39 is 5.82 Å².